The Hall–Kier alpha value is -1.50. The molecule has 0 spiro atoms. The Kier molecular flexibility index (Phi) is 34.2. The summed E-state index contributed by atoms with van der Waals surface area (Å²) in [5.41, 5.74) is 0. The monoisotopic (exact) mass is 683 g/mol. The van der Waals surface area contributed by atoms with Gasteiger partial charge in [0.25, 0.3) is 0 Å². The molecule has 0 saturated heterocycles. The molecule has 48 heavy (non-hydrogen) atoms. The van der Waals surface area contributed by atoms with Crippen molar-refractivity contribution in [3.63, 3.8) is 0 Å². The summed E-state index contributed by atoms with van der Waals surface area (Å²) in [6.07, 6.45) is 35.5. The Morgan fingerprint density at radius 1 is 0.479 bits per heavy atom. The number of hydrogen-bond acceptors (Lipinski definition) is 4. The molecule has 0 bridgehead atoms. The second kappa shape index (κ2) is 35.3. The Labute approximate surface area is 299 Å². The number of amides is 2. The molecule has 0 aliphatic carbocycles. The van der Waals surface area contributed by atoms with Crippen molar-refractivity contribution in [2.45, 2.75) is 207 Å². The zero-order chi connectivity index (χ0) is 35.4. The van der Waals surface area contributed by atoms with Crippen LogP contribution in [0.15, 0.2) is 0 Å². The highest BCUT2D eigenvalue weighted by atomic mass is 16.6. The van der Waals surface area contributed by atoms with E-state index in [2.05, 4.69) is 45.5 Å². The first-order valence-electron chi connectivity index (χ1n) is 21.0. The number of hydrogen-bond donors (Lipinski definition) is 2. The lowest BCUT2D eigenvalue weighted by Gasteiger charge is -2.31. The molecule has 0 saturated carbocycles. The van der Waals surface area contributed by atoms with E-state index in [9.17, 15) is 9.59 Å². The number of rotatable bonds is 36. The quantitative estimate of drug-likeness (QED) is 0.0509. The van der Waals surface area contributed by atoms with E-state index in [-0.39, 0.29) is 6.61 Å². The summed E-state index contributed by atoms with van der Waals surface area (Å²) in [5, 5.41) is 5.78. The standard InChI is InChI=1S/C41H83N3O4/c1-6-9-11-13-15-17-19-21-23-25-27-29-31-33-35-42-40(45)47-38-39(37-44(4,5)8-3)48-41(46)43-36-34-32-30-28-26-24-22-20-18-16-14-12-10-7-2/h39H,6-38H2,1-5H3,(H-,42,43,45,46)/p+1. The third kappa shape index (κ3) is 34.4. The molecule has 7 heteroatoms. The molecule has 0 rings (SSSR count). The third-order valence-electron chi connectivity index (χ3n) is 9.83. The lowest BCUT2D eigenvalue weighted by Crippen LogP contribution is -2.49. The van der Waals surface area contributed by atoms with Gasteiger partial charge in [0, 0.05) is 13.1 Å². The summed E-state index contributed by atoms with van der Waals surface area (Å²) in [4.78, 5) is 24.9. The van der Waals surface area contributed by atoms with E-state index < -0.39 is 18.3 Å². The van der Waals surface area contributed by atoms with Crippen molar-refractivity contribution in [2.75, 3.05) is 46.9 Å². The number of ether oxygens (including phenoxy) is 2. The van der Waals surface area contributed by atoms with Crippen LogP contribution in [0.1, 0.15) is 201 Å². The Morgan fingerprint density at radius 3 is 1.12 bits per heavy atom. The number of quaternary nitrogens is 1. The van der Waals surface area contributed by atoms with Crippen molar-refractivity contribution in [1.29, 1.82) is 0 Å². The van der Waals surface area contributed by atoms with Gasteiger partial charge in [-0.3, -0.25) is 0 Å². The van der Waals surface area contributed by atoms with Crippen LogP contribution in [0.5, 0.6) is 0 Å². The van der Waals surface area contributed by atoms with Crippen LogP contribution in [0, 0.1) is 0 Å². The van der Waals surface area contributed by atoms with E-state index in [1.165, 1.54) is 154 Å². The first-order valence-corrected chi connectivity index (χ1v) is 21.0. The van der Waals surface area contributed by atoms with Gasteiger partial charge < -0.3 is 24.6 Å². The maximum Gasteiger partial charge on any atom is 0.407 e. The lowest BCUT2D eigenvalue weighted by molar-refractivity contribution is -0.891. The fraction of sp³-hybridized carbons (Fsp3) is 0.951. The van der Waals surface area contributed by atoms with Crippen molar-refractivity contribution in [3.05, 3.63) is 0 Å². The summed E-state index contributed by atoms with van der Waals surface area (Å²) in [6.45, 7) is 9.46. The van der Waals surface area contributed by atoms with Crippen LogP contribution in [0.2, 0.25) is 0 Å². The predicted octanol–water partition coefficient (Wildman–Crippen LogP) is 11.9. The molecule has 0 fully saturated rings. The zero-order valence-electron chi connectivity index (χ0n) is 33.0. The normalized spacial score (nSPS) is 12.2. The first kappa shape index (κ1) is 46.5. The minimum absolute atomic E-state index is 0.0680. The maximum absolute atomic E-state index is 12.5. The molecule has 1 unspecified atom stereocenters. The van der Waals surface area contributed by atoms with Gasteiger partial charge in [-0.15, -0.1) is 0 Å². The molecule has 0 radical (unpaired) electrons. The van der Waals surface area contributed by atoms with E-state index in [4.69, 9.17) is 9.47 Å². The van der Waals surface area contributed by atoms with Crippen LogP contribution < -0.4 is 10.6 Å². The van der Waals surface area contributed by atoms with Gasteiger partial charge in [-0.05, 0) is 19.8 Å². The molecule has 286 valence electrons. The van der Waals surface area contributed by atoms with Gasteiger partial charge in [0.15, 0.2) is 6.10 Å². The molecular weight excluding hydrogens is 598 g/mol. The van der Waals surface area contributed by atoms with E-state index in [0.717, 1.165) is 32.2 Å². The minimum atomic E-state index is -0.483. The van der Waals surface area contributed by atoms with E-state index in [1.807, 2.05) is 0 Å². The first-order chi connectivity index (χ1) is 23.3. The second-order valence-corrected chi connectivity index (χ2v) is 15.1. The van der Waals surface area contributed by atoms with Crippen LogP contribution in [-0.4, -0.2) is 69.7 Å². The molecule has 0 aromatic rings. The maximum atomic E-state index is 12.5. The van der Waals surface area contributed by atoms with E-state index in [0.29, 0.717) is 24.1 Å². The molecular formula is C41H84N3O4+. The van der Waals surface area contributed by atoms with Gasteiger partial charge >= 0.3 is 12.2 Å². The average Bonchev–Trinajstić information content (AvgIpc) is 3.07. The van der Waals surface area contributed by atoms with Crippen molar-refractivity contribution in [3.8, 4) is 0 Å². The smallest absolute Gasteiger partial charge is 0.407 e. The highest BCUT2D eigenvalue weighted by Gasteiger charge is 2.25. The summed E-state index contributed by atoms with van der Waals surface area (Å²) in [5.74, 6) is 0. The number of nitrogens with one attached hydrogen (secondary N) is 2. The molecule has 2 N–H and O–H groups in total. The van der Waals surface area contributed by atoms with Crippen molar-refractivity contribution < 1.29 is 23.5 Å². The van der Waals surface area contributed by atoms with E-state index >= 15 is 0 Å². The average molecular weight is 683 g/mol. The van der Waals surface area contributed by atoms with Crippen molar-refractivity contribution >= 4 is 12.2 Å². The van der Waals surface area contributed by atoms with E-state index in [1.54, 1.807) is 0 Å². The second-order valence-electron chi connectivity index (χ2n) is 15.1. The van der Waals surface area contributed by atoms with Crippen LogP contribution in [0.4, 0.5) is 9.59 Å². The van der Waals surface area contributed by atoms with Crippen LogP contribution in [0.25, 0.3) is 0 Å². The van der Waals surface area contributed by atoms with Crippen LogP contribution in [0.3, 0.4) is 0 Å². The highest BCUT2D eigenvalue weighted by molar-refractivity contribution is 5.68. The molecule has 0 aliphatic rings. The van der Waals surface area contributed by atoms with Gasteiger partial charge in [0.2, 0.25) is 0 Å². The Bertz CT molecular complexity index is 703. The highest BCUT2D eigenvalue weighted by Crippen LogP contribution is 2.14. The zero-order valence-corrected chi connectivity index (χ0v) is 33.0. The lowest BCUT2D eigenvalue weighted by atomic mass is 10.0. The number of carbonyl (C=O) groups is 2. The van der Waals surface area contributed by atoms with Gasteiger partial charge in [-0.25, -0.2) is 9.59 Å². The summed E-state index contributed by atoms with van der Waals surface area (Å²) < 4.78 is 11.9. The molecule has 0 aromatic carbocycles. The largest absolute Gasteiger partial charge is 0.445 e. The minimum Gasteiger partial charge on any atom is -0.445 e. The molecule has 7 nitrogen and oxygen atoms in total. The number of carbonyl (C=O) groups excluding carboxylic acids is 2. The summed E-state index contributed by atoms with van der Waals surface area (Å²) in [7, 11) is 4.19. The summed E-state index contributed by atoms with van der Waals surface area (Å²) in [6, 6.07) is 0. The molecule has 0 aliphatic heterocycles. The van der Waals surface area contributed by atoms with Gasteiger partial charge in [0.1, 0.15) is 13.2 Å². The number of nitrogens with zero attached hydrogens (tertiary/aromatic N) is 1. The van der Waals surface area contributed by atoms with Crippen molar-refractivity contribution in [1.82, 2.24) is 10.6 Å². The molecule has 2 amide bonds. The summed E-state index contributed by atoms with van der Waals surface area (Å²) >= 11 is 0. The Balaban J connectivity index is 3.90. The van der Waals surface area contributed by atoms with Gasteiger partial charge in [-0.1, -0.05) is 181 Å². The molecule has 0 heterocycles. The SMILES string of the molecule is CCCCCCCCCCCCCCCCNC(=O)OCC(C[N+](C)(C)CC)OC(=O)NCCCCCCCCCCCCCCCC. The van der Waals surface area contributed by atoms with Gasteiger partial charge in [-0.2, -0.15) is 0 Å². The number of alkyl carbamates (subject to hydrolysis) is 2. The van der Waals surface area contributed by atoms with Crippen LogP contribution in [-0.2, 0) is 9.47 Å². The topological polar surface area (TPSA) is 76.7 Å². The fourth-order valence-electron chi connectivity index (χ4n) is 6.24. The predicted molar refractivity (Wildman–Crippen MR) is 206 cm³/mol. The van der Waals surface area contributed by atoms with Crippen molar-refractivity contribution in [2.24, 2.45) is 0 Å². The third-order valence-corrected chi connectivity index (χ3v) is 9.83. The van der Waals surface area contributed by atoms with Crippen LogP contribution >= 0.6 is 0 Å². The molecule has 0 aromatic heterocycles. The number of likely N-dealkylation sites (N-methyl/N-ethyl adjacent to an activating group) is 1. The Morgan fingerprint density at radius 2 is 0.792 bits per heavy atom. The fourth-order valence-corrected chi connectivity index (χ4v) is 6.24. The molecule has 1 atom stereocenters. The van der Waals surface area contributed by atoms with Gasteiger partial charge in [0.05, 0.1) is 20.6 Å². The number of unbranched alkanes of at least 4 members (excludes halogenated alkanes) is 26.